The Balaban J connectivity index is 1.94. The second-order valence-corrected chi connectivity index (χ2v) is 5.95. The average molecular weight is 326 g/mol. The van der Waals surface area contributed by atoms with Crippen molar-refractivity contribution in [3.8, 4) is 0 Å². The molecule has 1 heterocycles. The Morgan fingerprint density at radius 1 is 1.17 bits per heavy atom. The summed E-state index contributed by atoms with van der Waals surface area (Å²) in [5.41, 5.74) is 1.72. The van der Waals surface area contributed by atoms with E-state index in [2.05, 4.69) is 0 Å². The lowest BCUT2D eigenvalue weighted by molar-refractivity contribution is -0.127. The first-order valence-electron chi connectivity index (χ1n) is 7.97. The van der Waals surface area contributed by atoms with Crippen molar-refractivity contribution in [2.45, 2.75) is 19.8 Å². The number of amides is 2. The van der Waals surface area contributed by atoms with Crippen LogP contribution in [0.4, 0.5) is 10.1 Å². The maximum absolute atomic E-state index is 14.0. The monoisotopic (exact) mass is 326 g/mol. The Kier molecular flexibility index (Phi) is 4.60. The number of rotatable bonds is 4. The SMILES string of the molecule is Cc1ccc(N(CN2CCCC2=O)C(=O)c2ccccc2F)cc1. The van der Waals surface area contributed by atoms with Crippen LogP contribution in [0.5, 0.6) is 0 Å². The van der Waals surface area contributed by atoms with Crippen LogP contribution in [0, 0.1) is 12.7 Å². The van der Waals surface area contributed by atoms with Crippen molar-refractivity contribution in [3.63, 3.8) is 0 Å². The van der Waals surface area contributed by atoms with E-state index in [4.69, 9.17) is 0 Å². The lowest BCUT2D eigenvalue weighted by Crippen LogP contribution is -2.42. The standard InChI is InChI=1S/C19H19FN2O2/c1-14-8-10-15(11-9-14)22(13-21-12-4-7-18(21)23)19(24)16-5-2-3-6-17(16)20/h2-3,5-6,8-11H,4,7,12-13H2,1H3. The molecule has 2 amide bonds. The van der Waals surface area contributed by atoms with E-state index < -0.39 is 11.7 Å². The van der Waals surface area contributed by atoms with Gasteiger partial charge in [0.2, 0.25) is 5.91 Å². The van der Waals surface area contributed by atoms with Gasteiger partial charge in [0, 0.05) is 18.7 Å². The molecule has 0 aromatic heterocycles. The summed E-state index contributed by atoms with van der Waals surface area (Å²) in [5.74, 6) is -0.988. The molecule has 1 aliphatic heterocycles. The first-order valence-corrected chi connectivity index (χ1v) is 7.97. The summed E-state index contributed by atoms with van der Waals surface area (Å²) in [7, 11) is 0. The van der Waals surface area contributed by atoms with Crippen LogP contribution in [0.3, 0.4) is 0 Å². The number of aryl methyl sites for hydroxylation is 1. The Bertz CT molecular complexity index is 758. The zero-order valence-corrected chi connectivity index (χ0v) is 13.5. The highest BCUT2D eigenvalue weighted by molar-refractivity contribution is 6.06. The number of hydrogen-bond acceptors (Lipinski definition) is 2. The molecule has 0 radical (unpaired) electrons. The van der Waals surface area contributed by atoms with Crippen molar-refractivity contribution in [2.24, 2.45) is 0 Å². The van der Waals surface area contributed by atoms with Gasteiger partial charge < -0.3 is 4.90 Å². The van der Waals surface area contributed by atoms with Gasteiger partial charge in [-0.25, -0.2) is 4.39 Å². The largest absolute Gasteiger partial charge is 0.324 e. The fourth-order valence-corrected chi connectivity index (χ4v) is 2.79. The fourth-order valence-electron chi connectivity index (χ4n) is 2.79. The van der Waals surface area contributed by atoms with Gasteiger partial charge in [-0.2, -0.15) is 0 Å². The summed E-state index contributed by atoms with van der Waals surface area (Å²) < 4.78 is 14.0. The van der Waals surface area contributed by atoms with Crippen LogP contribution in [0.2, 0.25) is 0 Å². The maximum atomic E-state index is 14.0. The van der Waals surface area contributed by atoms with Crippen LogP contribution >= 0.6 is 0 Å². The van der Waals surface area contributed by atoms with Gasteiger partial charge in [-0.05, 0) is 37.6 Å². The van der Waals surface area contributed by atoms with E-state index in [9.17, 15) is 14.0 Å². The topological polar surface area (TPSA) is 40.6 Å². The molecule has 124 valence electrons. The van der Waals surface area contributed by atoms with E-state index in [0.717, 1.165) is 12.0 Å². The summed E-state index contributed by atoms with van der Waals surface area (Å²) in [4.78, 5) is 27.9. The molecule has 3 rings (SSSR count). The van der Waals surface area contributed by atoms with Crippen molar-refractivity contribution in [3.05, 3.63) is 65.5 Å². The third kappa shape index (κ3) is 3.30. The number of hydrogen-bond donors (Lipinski definition) is 0. The first kappa shape index (κ1) is 16.2. The van der Waals surface area contributed by atoms with Gasteiger partial charge in [-0.3, -0.25) is 14.5 Å². The molecule has 1 saturated heterocycles. The van der Waals surface area contributed by atoms with E-state index in [1.54, 1.807) is 17.0 Å². The molecule has 1 aliphatic rings. The number of carbonyl (C=O) groups excluding carboxylic acids is 2. The summed E-state index contributed by atoms with van der Waals surface area (Å²) >= 11 is 0. The number of benzene rings is 2. The van der Waals surface area contributed by atoms with E-state index in [0.29, 0.717) is 18.7 Å². The quantitative estimate of drug-likeness (QED) is 0.864. The Hall–Kier alpha value is -2.69. The van der Waals surface area contributed by atoms with E-state index in [1.165, 1.54) is 17.0 Å². The second-order valence-electron chi connectivity index (χ2n) is 5.95. The lowest BCUT2D eigenvalue weighted by Gasteiger charge is -2.28. The average Bonchev–Trinajstić information content (AvgIpc) is 2.98. The molecular formula is C19H19FN2O2. The molecule has 0 bridgehead atoms. The number of nitrogens with zero attached hydrogens (tertiary/aromatic N) is 2. The van der Waals surface area contributed by atoms with Crippen molar-refractivity contribution in [2.75, 3.05) is 18.1 Å². The van der Waals surface area contributed by atoms with Crippen LogP contribution in [0.25, 0.3) is 0 Å². The van der Waals surface area contributed by atoms with E-state index in [1.807, 2.05) is 31.2 Å². The highest BCUT2D eigenvalue weighted by Crippen LogP contribution is 2.21. The summed E-state index contributed by atoms with van der Waals surface area (Å²) in [6.45, 7) is 2.71. The van der Waals surface area contributed by atoms with Crippen molar-refractivity contribution in [1.82, 2.24) is 4.90 Å². The first-order chi connectivity index (χ1) is 11.6. The minimum atomic E-state index is -0.563. The number of anilines is 1. The van der Waals surface area contributed by atoms with Gasteiger partial charge in [0.25, 0.3) is 5.91 Å². The molecular weight excluding hydrogens is 307 g/mol. The van der Waals surface area contributed by atoms with Crippen LogP contribution in [-0.4, -0.2) is 29.9 Å². The van der Waals surface area contributed by atoms with Crippen LogP contribution in [-0.2, 0) is 4.79 Å². The van der Waals surface area contributed by atoms with Crippen molar-refractivity contribution < 1.29 is 14.0 Å². The number of halogens is 1. The fraction of sp³-hybridized carbons (Fsp3) is 0.263. The Labute approximate surface area is 140 Å². The summed E-state index contributed by atoms with van der Waals surface area (Å²) in [6.07, 6.45) is 1.28. The third-order valence-corrected chi connectivity index (χ3v) is 4.18. The normalized spacial score (nSPS) is 14.1. The van der Waals surface area contributed by atoms with E-state index in [-0.39, 0.29) is 18.1 Å². The predicted octanol–water partition coefficient (Wildman–Crippen LogP) is 3.36. The summed E-state index contributed by atoms with van der Waals surface area (Å²) in [5, 5.41) is 0. The maximum Gasteiger partial charge on any atom is 0.262 e. The minimum Gasteiger partial charge on any atom is -0.324 e. The molecule has 0 N–H and O–H groups in total. The Morgan fingerprint density at radius 2 is 1.88 bits per heavy atom. The molecule has 2 aromatic carbocycles. The van der Waals surface area contributed by atoms with Gasteiger partial charge >= 0.3 is 0 Å². The minimum absolute atomic E-state index is 0.00437. The zero-order valence-electron chi connectivity index (χ0n) is 13.5. The zero-order chi connectivity index (χ0) is 17.1. The molecule has 0 unspecified atom stereocenters. The predicted molar refractivity (Wildman–Crippen MR) is 90.2 cm³/mol. The third-order valence-electron chi connectivity index (χ3n) is 4.18. The van der Waals surface area contributed by atoms with Gasteiger partial charge in [0.1, 0.15) is 12.5 Å². The van der Waals surface area contributed by atoms with Gasteiger partial charge in [-0.1, -0.05) is 29.8 Å². The Morgan fingerprint density at radius 3 is 2.50 bits per heavy atom. The van der Waals surface area contributed by atoms with Gasteiger partial charge in [0.15, 0.2) is 0 Å². The molecule has 24 heavy (non-hydrogen) atoms. The molecule has 0 saturated carbocycles. The molecule has 0 atom stereocenters. The summed E-state index contributed by atoms with van der Waals surface area (Å²) in [6, 6.07) is 13.3. The van der Waals surface area contributed by atoms with Crippen molar-refractivity contribution in [1.29, 1.82) is 0 Å². The van der Waals surface area contributed by atoms with E-state index >= 15 is 0 Å². The van der Waals surface area contributed by atoms with Crippen molar-refractivity contribution >= 4 is 17.5 Å². The molecule has 2 aromatic rings. The van der Waals surface area contributed by atoms with Gasteiger partial charge in [0.05, 0.1) is 5.56 Å². The molecule has 5 heteroatoms. The highest BCUT2D eigenvalue weighted by Gasteiger charge is 2.27. The van der Waals surface area contributed by atoms with Crippen LogP contribution < -0.4 is 4.90 Å². The van der Waals surface area contributed by atoms with Gasteiger partial charge in [-0.15, -0.1) is 0 Å². The molecule has 4 nitrogen and oxygen atoms in total. The van der Waals surface area contributed by atoms with Crippen LogP contribution in [0.1, 0.15) is 28.8 Å². The van der Waals surface area contributed by atoms with Crippen LogP contribution in [0.15, 0.2) is 48.5 Å². The lowest BCUT2D eigenvalue weighted by atomic mass is 10.1. The smallest absolute Gasteiger partial charge is 0.262 e. The number of likely N-dealkylation sites (tertiary alicyclic amines) is 1. The highest BCUT2D eigenvalue weighted by atomic mass is 19.1. The number of carbonyl (C=O) groups is 2. The molecule has 0 aliphatic carbocycles. The second kappa shape index (κ2) is 6.83. The molecule has 0 spiro atoms. The molecule has 1 fully saturated rings.